The van der Waals surface area contributed by atoms with Crippen LogP contribution in [-0.2, 0) is 0 Å². The van der Waals surface area contributed by atoms with Crippen molar-refractivity contribution in [1.82, 2.24) is 0 Å². The van der Waals surface area contributed by atoms with E-state index in [1.807, 2.05) is 0 Å². The third-order valence-electron chi connectivity index (χ3n) is 3.11. The van der Waals surface area contributed by atoms with Crippen LogP contribution in [0.1, 0.15) is 20.7 Å². The molecule has 2 N–H and O–H groups in total. The maximum absolute atomic E-state index is 12.2. The standard InChI is InChI=1S/C16H14O6/c1-21-9-3-5-11(13(17)7-9)15(19)16(20)12-6-4-10(22-2)8-14(12)18/h3-8,17-18H,1-2H3. The number of Topliss-reactive ketones (excluding diaryl/α,β-unsaturated/α-hetero) is 2. The van der Waals surface area contributed by atoms with Gasteiger partial charge in [-0.15, -0.1) is 0 Å². The molecule has 0 spiro atoms. The molecule has 0 unspecified atom stereocenters. The molecule has 0 heterocycles. The number of carbonyl (C=O) groups is 2. The van der Waals surface area contributed by atoms with Gasteiger partial charge in [0.1, 0.15) is 23.0 Å². The number of aromatic hydroxyl groups is 2. The topological polar surface area (TPSA) is 93.1 Å². The molecule has 0 radical (unpaired) electrons. The van der Waals surface area contributed by atoms with E-state index in [1.54, 1.807) is 0 Å². The van der Waals surface area contributed by atoms with E-state index in [-0.39, 0.29) is 22.6 Å². The Hall–Kier alpha value is -3.02. The van der Waals surface area contributed by atoms with Crippen LogP contribution in [0.4, 0.5) is 0 Å². The summed E-state index contributed by atoms with van der Waals surface area (Å²) in [5, 5.41) is 19.6. The van der Waals surface area contributed by atoms with Crippen molar-refractivity contribution < 1.29 is 29.3 Å². The van der Waals surface area contributed by atoms with Crippen molar-refractivity contribution in [3.8, 4) is 23.0 Å². The Bertz CT molecular complexity index is 672. The molecular weight excluding hydrogens is 288 g/mol. The smallest absolute Gasteiger partial charge is 0.237 e. The Balaban J connectivity index is 2.35. The van der Waals surface area contributed by atoms with Gasteiger partial charge in [-0.1, -0.05) is 0 Å². The molecule has 0 aliphatic carbocycles. The zero-order valence-corrected chi connectivity index (χ0v) is 12.0. The lowest BCUT2D eigenvalue weighted by Gasteiger charge is -2.07. The molecule has 6 nitrogen and oxygen atoms in total. The zero-order chi connectivity index (χ0) is 16.3. The zero-order valence-electron chi connectivity index (χ0n) is 12.0. The van der Waals surface area contributed by atoms with Gasteiger partial charge in [0.05, 0.1) is 25.3 Å². The first-order valence-corrected chi connectivity index (χ1v) is 6.31. The molecule has 0 saturated carbocycles. The van der Waals surface area contributed by atoms with Gasteiger partial charge in [-0.2, -0.15) is 0 Å². The number of phenols is 2. The van der Waals surface area contributed by atoms with E-state index in [2.05, 4.69) is 0 Å². The Morgan fingerprint density at radius 3 is 1.41 bits per heavy atom. The van der Waals surface area contributed by atoms with Gasteiger partial charge in [-0.25, -0.2) is 0 Å². The van der Waals surface area contributed by atoms with Crippen LogP contribution in [0.15, 0.2) is 36.4 Å². The molecule has 114 valence electrons. The molecule has 0 atom stereocenters. The quantitative estimate of drug-likeness (QED) is 0.649. The number of ketones is 2. The van der Waals surface area contributed by atoms with Gasteiger partial charge in [0.2, 0.25) is 11.6 Å². The Morgan fingerprint density at radius 2 is 1.14 bits per heavy atom. The predicted octanol–water partition coefficient (Wildman–Crippen LogP) is 2.18. The minimum absolute atomic E-state index is 0.166. The lowest BCUT2D eigenvalue weighted by molar-refractivity contribution is 0.0813. The van der Waals surface area contributed by atoms with E-state index < -0.39 is 11.6 Å². The minimum Gasteiger partial charge on any atom is -0.507 e. The fourth-order valence-electron chi connectivity index (χ4n) is 1.91. The SMILES string of the molecule is COc1ccc(C(=O)C(=O)c2ccc(OC)cc2O)c(O)c1. The van der Waals surface area contributed by atoms with Crippen LogP contribution in [0.25, 0.3) is 0 Å². The van der Waals surface area contributed by atoms with E-state index in [0.717, 1.165) is 0 Å². The van der Waals surface area contributed by atoms with Gasteiger partial charge < -0.3 is 19.7 Å². The summed E-state index contributed by atoms with van der Waals surface area (Å²) in [4.78, 5) is 24.4. The maximum atomic E-state index is 12.2. The van der Waals surface area contributed by atoms with Gasteiger partial charge in [0.15, 0.2) is 0 Å². The van der Waals surface area contributed by atoms with Crippen molar-refractivity contribution >= 4 is 11.6 Å². The molecular formula is C16H14O6. The van der Waals surface area contributed by atoms with Crippen LogP contribution < -0.4 is 9.47 Å². The van der Waals surface area contributed by atoms with Gasteiger partial charge in [0.25, 0.3) is 0 Å². The molecule has 0 aliphatic rings. The van der Waals surface area contributed by atoms with E-state index in [9.17, 15) is 19.8 Å². The summed E-state index contributed by atoms with van der Waals surface area (Å²) < 4.78 is 9.82. The van der Waals surface area contributed by atoms with E-state index in [0.29, 0.717) is 11.5 Å². The van der Waals surface area contributed by atoms with E-state index in [4.69, 9.17) is 9.47 Å². The fraction of sp³-hybridized carbons (Fsp3) is 0.125. The molecule has 2 rings (SSSR count). The van der Waals surface area contributed by atoms with Crippen molar-refractivity contribution in [2.24, 2.45) is 0 Å². The lowest BCUT2D eigenvalue weighted by atomic mass is 10.00. The number of hydrogen-bond acceptors (Lipinski definition) is 6. The van der Waals surface area contributed by atoms with Crippen molar-refractivity contribution in [2.75, 3.05) is 14.2 Å². The fourth-order valence-corrected chi connectivity index (χ4v) is 1.91. The minimum atomic E-state index is -0.930. The van der Waals surface area contributed by atoms with Gasteiger partial charge in [-0.3, -0.25) is 9.59 Å². The third kappa shape index (κ3) is 2.85. The molecule has 0 fully saturated rings. The highest BCUT2D eigenvalue weighted by Crippen LogP contribution is 2.28. The van der Waals surface area contributed by atoms with Crippen LogP contribution in [0.2, 0.25) is 0 Å². The van der Waals surface area contributed by atoms with Crippen LogP contribution in [-0.4, -0.2) is 36.0 Å². The lowest BCUT2D eigenvalue weighted by Crippen LogP contribution is -2.15. The molecule has 0 amide bonds. The normalized spacial score (nSPS) is 10.1. The summed E-state index contributed by atoms with van der Waals surface area (Å²) >= 11 is 0. The summed E-state index contributed by atoms with van der Waals surface area (Å²) in [5.41, 5.74) is -0.331. The summed E-state index contributed by atoms with van der Waals surface area (Å²) in [6.45, 7) is 0. The summed E-state index contributed by atoms with van der Waals surface area (Å²) in [7, 11) is 2.83. The predicted molar refractivity (Wildman–Crippen MR) is 78.0 cm³/mol. The first-order chi connectivity index (χ1) is 10.5. The molecule has 0 aliphatic heterocycles. The van der Waals surface area contributed by atoms with Gasteiger partial charge in [0, 0.05) is 12.1 Å². The van der Waals surface area contributed by atoms with Crippen LogP contribution in [0, 0.1) is 0 Å². The Labute approximate surface area is 126 Å². The summed E-state index contributed by atoms with van der Waals surface area (Å²) in [6.07, 6.45) is 0. The number of ether oxygens (including phenoxy) is 2. The molecule has 6 heteroatoms. The van der Waals surface area contributed by atoms with Gasteiger partial charge in [-0.05, 0) is 24.3 Å². The van der Waals surface area contributed by atoms with Crippen molar-refractivity contribution in [2.45, 2.75) is 0 Å². The molecule has 0 bridgehead atoms. The number of hydrogen-bond donors (Lipinski definition) is 2. The van der Waals surface area contributed by atoms with E-state index >= 15 is 0 Å². The summed E-state index contributed by atoms with van der Waals surface area (Å²) in [5.74, 6) is -1.89. The highest BCUT2D eigenvalue weighted by atomic mass is 16.5. The molecule has 2 aromatic rings. The third-order valence-corrected chi connectivity index (χ3v) is 3.11. The highest BCUT2D eigenvalue weighted by Gasteiger charge is 2.24. The first-order valence-electron chi connectivity index (χ1n) is 6.31. The number of benzene rings is 2. The largest absolute Gasteiger partial charge is 0.507 e. The number of rotatable bonds is 5. The molecule has 2 aromatic carbocycles. The average Bonchev–Trinajstić information content (AvgIpc) is 2.53. The number of carbonyl (C=O) groups excluding carboxylic acids is 2. The van der Waals surface area contributed by atoms with Crippen molar-refractivity contribution in [1.29, 1.82) is 0 Å². The van der Waals surface area contributed by atoms with Gasteiger partial charge >= 0.3 is 0 Å². The second kappa shape index (κ2) is 6.17. The monoisotopic (exact) mass is 302 g/mol. The maximum Gasteiger partial charge on any atom is 0.237 e. The van der Waals surface area contributed by atoms with Crippen LogP contribution >= 0.6 is 0 Å². The van der Waals surface area contributed by atoms with Crippen molar-refractivity contribution in [3.05, 3.63) is 47.5 Å². The van der Waals surface area contributed by atoms with Crippen LogP contribution in [0.3, 0.4) is 0 Å². The summed E-state index contributed by atoms with van der Waals surface area (Å²) in [6, 6.07) is 7.94. The Morgan fingerprint density at radius 1 is 0.773 bits per heavy atom. The number of phenolic OH excluding ortho intramolecular Hbond substituents is 2. The second-order valence-corrected chi connectivity index (χ2v) is 4.42. The molecule has 0 aromatic heterocycles. The van der Waals surface area contributed by atoms with Crippen molar-refractivity contribution in [3.63, 3.8) is 0 Å². The Kier molecular flexibility index (Phi) is 4.31. The van der Waals surface area contributed by atoms with Crippen LogP contribution in [0.5, 0.6) is 23.0 Å². The first kappa shape index (κ1) is 15.4. The number of methoxy groups -OCH3 is 2. The highest BCUT2D eigenvalue weighted by molar-refractivity contribution is 6.50. The second-order valence-electron chi connectivity index (χ2n) is 4.42. The average molecular weight is 302 g/mol. The molecule has 22 heavy (non-hydrogen) atoms. The molecule has 0 saturated heterocycles. The van der Waals surface area contributed by atoms with E-state index in [1.165, 1.54) is 50.6 Å².